The number of carbonyl (C=O) groups is 1. The van der Waals surface area contributed by atoms with Gasteiger partial charge in [0.25, 0.3) is 5.91 Å². The zero-order valence-corrected chi connectivity index (χ0v) is 16.0. The van der Waals surface area contributed by atoms with Gasteiger partial charge in [0.2, 0.25) is 0 Å². The number of nitrogens with one attached hydrogen (secondary N) is 3. The number of aromatic amines is 1. The van der Waals surface area contributed by atoms with Crippen molar-refractivity contribution in [2.75, 3.05) is 18.4 Å². The monoisotopic (exact) mass is 403 g/mol. The van der Waals surface area contributed by atoms with Crippen LogP contribution in [-0.4, -0.2) is 30.1 Å². The molecule has 0 bridgehead atoms. The quantitative estimate of drug-likeness (QED) is 0.706. The largest absolute Gasteiger partial charge is 0.488 e. The van der Waals surface area contributed by atoms with Crippen LogP contribution < -0.4 is 15.4 Å². The van der Waals surface area contributed by atoms with Crippen molar-refractivity contribution < 1.29 is 9.53 Å². The number of benzene rings is 1. The van der Waals surface area contributed by atoms with Crippen molar-refractivity contribution >= 4 is 47.2 Å². The van der Waals surface area contributed by atoms with Gasteiger partial charge in [0, 0.05) is 5.69 Å². The second kappa shape index (κ2) is 8.81. The Balaban J connectivity index is 0.00000225. The lowest BCUT2D eigenvalue weighted by Crippen LogP contribution is -2.34. The van der Waals surface area contributed by atoms with Crippen molar-refractivity contribution in [2.24, 2.45) is 0 Å². The number of aryl methyl sites for hydroxylation is 1. The molecule has 2 heterocycles. The van der Waals surface area contributed by atoms with E-state index in [2.05, 4.69) is 15.6 Å². The normalized spacial score (nSPS) is 14.7. The predicted molar refractivity (Wildman–Crippen MR) is 104 cm³/mol. The Bertz CT molecular complexity index is 743. The first kappa shape index (κ1) is 19.9. The Kier molecular flexibility index (Phi) is 7.02. The van der Waals surface area contributed by atoms with Gasteiger partial charge in [0.05, 0.1) is 15.7 Å². The number of para-hydroxylation sites is 2. The molecule has 0 radical (unpaired) electrons. The van der Waals surface area contributed by atoms with Crippen LogP contribution in [0.5, 0.6) is 5.75 Å². The summed E-state index contributed by atoms with van der Waals surface area (Å²) >= 11 is 12.1. The van der Waals surface area contributed by atoms with Crippen LogP contribution in [0.3, 0.4) is 0 Å². The highest BCUT2D eigenvalue weighted by molar-refractivity contribution is 6.44. The molecule has 3 rings (SSSR count). The van der Waals surface area contributed by atoms with Crippen LogP contribution in [0.25, 0.3) is 0 Å². The fourth-order valence-electron chi connectivity index (χ4n) is 2.68. The number of H-pyrrole nitrogens is 1. The summed E-state index contributed by atoms with van der Waals surface area (Å²) in [5.41, 5.74) is 1.52. The van der Waals surface area contributed by atoms with Gasteiger partial charge in [-0.3, -0.25) is 4.79 Å². The summed E-state index contributed by atoms with van der Waals surface area (Å²) in [6.07, 6.45) is 2.04. The highest BCUT2D eigenvalue weighted by atomic mass is 35.5. The minimum atomic E-state index is -0.351. The van der Waals surface area contributed by atoms with E-state index in [1.165, 1.54) is 0 Å². The summed E-state index contributed by atoms with van der Waals surface area (Å²) in [5, 5.41) is 6.73. The molecule has 1 aromatic carbocycles. The maximum Gasteiger partial charge on any atom is 0.273 e. The molecule has 25 heavy (non-hydrogen) atoms. The van der Waals surface area contributed by atoms with Gasteiger partial charge in [-0.15, -0.1) is 12.4 Å². The molecule has 5 nitrogen and oxygen atoms in total. The van der Waals surface area contributed by atoms with Crippen LogP contribution in [0.4, 0.5) is 5.69 Å². The molecule has 0 spiro atoms. The zero-order chi connectivity index (χ0) is 17.1. The molecule has 1 aromatic heterocycles. The van der Waals surface area contributed by atoms with E-state index in [1.54, 1.807) is 13.0 Å². The van der Waals surface area contributed by atoms with Gasteiger partial charge in [-0.1, -0.05) is 35.3 Å². The third-order valence-corrected chi connectivity index (χ3v) is 4.94. The molecule has 1 saturated heterocycles. The van der Waals surface area contributed by atoms with Crippen molar-refractivity contribution in [3.8, 4) is 5.75 Å². The van der Waals surface area contributed by atoms with E-state index in [0.29, 0.717) is 22.2 Å². The number of aromatic nitrogens is 1. The van der Waals surface area contributed by atoms with Crippen LogP contribution in [0.1, 0.15) is 29.0 Å². The molecule has 0 unspecified atom stereocenters. The zero-order valence-electron chi connectivity index (χ0n) is 13.7. The smallest absolute Gasteiger partial charge is 0.273 e. The van der Waals surface area contributed by atoms with E-state index < -0.39 is 0 Å². The number of carbonyl (C=O) groups excluding carboxylic acids is 1. The van der Waals surface area contributed by atoms with Gasteiger partial charge in [-0.05, 0) is 45.0 Å². The van der Waals surface area contributed by atoms with E-state index >= 15 is 0 Å². The van der Waals surface area contributed by atoms with Crippen LogP contribution in [0, 0.1) is 6.92 Å². The van der Waals surface area contributed by atoms with Gasteiger partial charge < -0.3 is 20.4 Å². The van der Waals surface area contributed by atoms with E-state index in [4.69, 9.17) is 27.9 Å². The Morgan fingerprint density at radius 3 is 2.52 bits per heavy atom. The summed E-state index contributed by atoms with van der Waals surface area (Å²) < 4.78 is 6.06. The molecule has 0 atom stereocenters. The molecule has 1 fully saturated rings. The maximum absolute atomic E-state index is 12.5. The van der Waals surface area contributed by atoms with Crippen LogP contribution >= 0.6 is 35.6 Å². The SMILES string of the molecule is Cc1[nH]c(C(=O)Nc2ccccc2OC2CCNCC2)c(Cl)c1Cl.Cl. The van der Waals surface area contributed by atoms with Crippen LogP contribution in [-0.2, 0) is 0 Å². The minimum Gasteiger partial charge on any atom is -0.488 e. The van der Waals surface area contributed by atoms with E-state index in [-0.39, 0.29) is 35.1 Å². The number of ether oxygens (including phenoxy) is 1. The number of piperidine rings is 1. The lowest BCUT2D eigenvalue weighted by molar-refractivity contribution is 0.102. The molecule has 136 valence electrons. The molecule has 2 aromatic rings. The second-order valence-corrected chi connectivity index (χ2v) is 6.53. The molecule has 3 N–H and O–H groups in total. The highest BCUT2D eigenvalue weighted by Gasteiger charge is 2.20. The highest BCUT2D eigenvalue weighted by Crippen LogP contribution is 2.31. The Morgan fingerprint density at radius 2 is 1.88 bits per heavy atom. The van der Waals surface area contributed by atoms with Crippen molar-refractivity contribution in [3.63, 3.8) is 0 Å². The first-order valence-electron chi connectivity index (χ1n) is 7.87. The number of hydrogen-bond acceptors (Lipinski definition) is 3. The van der Waals surface area contributed by atoms with E-state index in [9.17, 15) is 4.79 Å². The Labute approximate surface area is 162 Å². The van der Waals surface area contributed by atoms with Crippen molar-refractivity contribution in [1.29, 1.82) is 0 Å². The number of anilines is 1. The summed E-state index contributed by atoms with van der Waals surface area (Å²) in [5.74, 6) is 0.305. The summed E-state index contributed by atoms with van der Waals surface area (Å²) in [7, 11) is 0. The topological polar surface area (TPSA) is 66.2 Å². The number of halogens is 3. The van der Waals surface area contributed by atoms with Crippen LogP contribution in [0.15, 0.2) is 24.3 Å². The molecule has 8 heteroatoms. The third-order valence-electron chi connectivity index (χ3n) is 4.00. The molecule has 0 saturated carbocycles. The molecule has 1 aliphatic rings. The minimum absolute atomic E-state index is 0. The summed E-state index contributed by atoms with van der Waals surface area (Å²) in [6.45, 7) is 3.64. The first-order chi connectivity index (χ1) is 11.6. The molecule has 1 aliphatic heterocycles. The van der Waals surface area contributed by atoms with Crippen molar-refractivity contribution in [1.82, 2.24) is 10.3 Å². The first-order valence-corrected chi connectivity index (χ1v) is 8.63. The van der Waals surface area contributed by atoms with Crippen LogP contribution in [0.2, 0.25) is 10.0 Å². The lowest BCUT2D eigenvalue weighted by Gasteiger charge is -2.25. The summed E-state index contributed by atoms with van der Waals surface area (Å²) in [4.78, 5) is 15.4. The molecule has 1 amide bonds. The predicted octanol–water partition coefficient (Wildman–Crippen LogP) is 4.43. The average Bonchev–Trinajstić information content (AvgIpc) is 2.85. The fraction of sp³-hybridized carbons (Fsp3) is 0.353. The standard InChI is InChI=1S/C17H19Cl2N3O2.ClH/c1-10-14(18)15(19)16(21-10)17(23)22-12-4-2-3-5-13(12)24-11-6-8-20-9-7-11;/h2-5,11,20-21H,6-9H2,1H3,(H,22,23);1H. The molecule has 0 aliphatic carbocycles. The Hall–Kier alpha value is -1.40. The number of amides is 1. The van der Waals surface area contributed by atoms with Gasteiger partial charge in [0.15, 0.2) is 0 Å². The summed E-state index contributed by atoms with van der Waals surface area (Å²) in [6, 6.07) is 7.39. The Morgan fingerprint density at radius 1 is 1.20 bits per heavy atom. The van der Waals surface area contributed by atoms with Gasteiger partial charge in [-0.2, -0.15) is 0 Å². The van der Waals surface area contributed by atoms with E-state index in [0.717, 1.165) is 25.9 Å². The van der Waals surface area contributed by atoms with Crippen molar-refractivity contribution in [3.05, 3.63) is 45.7 Å². The second-order valence-electron chi connectivity index (χ2n) is 5.77. The third kappa shape index (κ3) is 4.61. The van der Waals surface area contributed by atoms with Gasteiger partial charge in [-0.25, -0.2) is 0 Å². The van der Waals surface area contributed by atoms with E-state index in [1.807, 2.05) is 18.2 Å². The fourth-order valence-corrected chi connectivity index (χ4v) is 3.09. The van der Waals surface area contributed by atoms with Gasteiger partial charge >= 0.3 is 0 Å². The number of rotatable bonds is 4. The molecular weight excluding hydrogens is 385 g/mol. The number of hydrogen-bond donors (Lipinski definition) is 3. The molecular formula is C17H20Cl3N3O2. The lowest BCUT2D eigenvalue weighted by atomic mass is 10.1. The van der Waals surface area contributed by atoms with Gasteiger partial charge in [0.1, 0.15) is 17.5 Å². The van der Waals surface area contributed by atoms with Crippen molar-refractivity contribution in [2.45, 2.75) is 25.9 Å². The maximum atomic E-state index is 12.5. The average molecular weight is 405 g/mol.